The second-order valence-electron chi connectivity index (χ2n) is 7.34. The maximum absolute atomic E-state index is 13.8. The summed E-state index contributed by atoms with van der Waals surface area (Å²) in [6, 6.07) is 6.61. The summed E-state index contributed by atoms with van der Waals surface area (Å²) in [7, 11) is 0. The number of amides is 1. The molecule has 29 heavy (non-hydrogen) atoms. The normalized spacial score (nSPS) is 18.7. The van der Waals surface area contributed by atoms with E-state index in [9.17, 15) is 14.3 Å². The maximum atomic E-state index is 13.8. The van der Waals surface area contributed by atoms with Gasteiger partial charge in [-0.05, 0) is 25.8 Å². The number of piperazine rings is 1. The van der Waals surface area contributed by atoms with Gasteiger partial charge >= 0.3 is 0 Å². The van der Waals surface area contributed by atoms with Crippen molar-refractivity contribution in [1.29, 1.82) is 0 Å². The number of guanidine groups is 1. The summed E-state index contributed by atoms with van der Waals surface area (Å²) in [5.74, 6) is 0.387. The fourth-order valence-corrected chi connectivity index (χ4v) is 3.26. The smallest absolute Gasteiger partial charge is 0.234 e. The number of benzene rings is 1. The van der Waals surface area contributed by atoms with Crippen LogP contribution in [0.4, 0.5) is 4.39 Å². The Morgan fingerprint density at radius 2 is 1.97 bits per heavy atom. The van der Waals surface area contributed by atoms with Gasteiger partial charge in [-0.3, -0.25) is 14.7 Å². The molecule has 7 nitrogen and oxygen atoms in total. The van der Waals surface area contributed by atoms with E-state index in [0.717, 1.165) is 39.0 Å². The van der Waals surface area contributed by atoms with E-state index in [2.05, 4.69) is 25.4 Å². The van der Waals surface area contributed by atoms with Gasteiger partial charge < -0.3 is 20.6 Å². The molecule has 1 unspecified atom stereocenters. The highest BCUT2D eigenvalue weighted by atomic mass is 127. The van der Waals surface area contributed by atoms with Gasteiger partial charge in [0.2, 0.25) is 5.91 Å². The Morgan fingerprint density at radius 1 is 1.28 bits per heavy atom. The van der Waals surface area contributed by atoms with Crippen LogP contribution in [-0.2, 0) is 4.79 Å². The topological polar surface area (TPSA) is 80.2 Å². The highest BCUT2D eigenvalue weighted by molar-refractivity contribution is 14.0. The number of nitrogens with one attached hydrogen (secondary N) is 2. The van der Waals surface area contributed by atoms with Gasteiger partial charge in [0.25, 0.3) is 0 Å². The summed E-state index contributed by atoms with van der Waals surface area (Å²) in [5, 5.41) is 16.5. The van der Waals surface area contributed by atoms with Gasteiger partial charge in [0.05, 0.1) is 13.1 Å². The van der Waals surface area contributed by atoms with Crippen LogP contribution in [0.1, 0.15) is 31.4 Å². The average molecular weight is 519 g/mol. The van der Waals surface area contributed by atoms with Crippen LogP contribution < -0.4 is 10.6 Å². The van der Waals surface area contributed by atoms with E-state index in [1.807, 2.05) is 6.92 Å². The van der Waals surface area contributed by atoms with Crippen LogP contribution in [0.15, 0.2) is 29.3 Å². The van der Waals surface area contributed by atoms with Gasteiger partial charge in [-0.1, -0.05) is 18.2 Å². The Labute approximate surface area is 188 Å². The van der Waals surface area contributed by atoms with E-state index in [4.69, 9.17) is 0 Å². The molecule has 0 bridgehead atoms. The van der Waals surface area contributed by atoms with Gasteiger partial charge in [0, 0.05) is 44.3 Å². The third-order valence-corrected chi connectivity index (χ3v) is 4.99. The first kappa shape index (κ1) is 23.8. The van der Waals surface area contributed by atoms with Crippen LogP contribution in [0.25, 0.3) is 0 Å². The number of nitrogens with zero attached hydrogens (tertiary/aromatic N) is 3. The van der Waals surface area contributed by atoms with E-state index >= 15 is 0 Å². The van der Waals surface area contributed by atoms with E-state index < -0.39 is 11.9 Å². The minimum absolute atomic E-state index is 0. The van der Waals surface area contributed by atoms with Crippen molar-refractivity contribution >= 4 is 35.8 Å². The summed E-state index contributed by atoms with van der Waals surface area (Å²) in [6.07, 6.45) is 1.21. The number of hydrogen-bond donors (Lipinski definition) is 3. The third kappa shape index (κ3) is 7.38. The Morgan fingerprint density at radius 3 is 2.59 bits per heavy atom. The number of carbonyl (C=O) groups is 1. The van der Waals surface area contributed by atoms with E-state index in [0.29, 0.717) is 25.1 Å². The highest BCUT2D eigenvalue weighted by Crippen LogP contribution is 2.18. The molecular weight excluding hydrogens is 488 g/mol. The molecule has 1 saturated carbocycles. The van der Waals surface area contributed by atoms with Gasteiger partial charge in [0.1, 0.15) is 11.9 Å². The molecule has 1 aromatic carbocycles. The van der Waals surface area contributed by atoms with Crippen molar-refractivity contribution in [2.75, 3.05) is 45.8 Å². The summed E-state index contributed by atoms with van der Waals surface area (Å²) in [4.78, 5) is 20.7. The lowest BCUT2D eigenvalue weighted by molar-refractivity contribution is -0.122. The third-order valence-electron chi connectivity index (χ3n) is 4.99. The van der Waals surface area contributed by atoms with Gasteiger partial charge in [0.15, 0.2) is 5.96 Å². The van der Waals surface area contributed by atoms with Crippen LogP contribution >= 0.6 is 24.0 Å². The van der Waals surface area contributed by atoms with Crippen LogP contribution in [0.2, 0.25) is 0 Å². The second-order valence-corrected chi connectivity index (χ2v) is 7.34. The summed E-state index contributed by atoms with van der Waals surface area (Å²) in [5.41, 5.74) is 0.258. The number of aliphatic hydroxyl groups excluding tert-OH is 1. The quantitative estimate of drug-likeness (QED) is 0.288. The molecule has 9 heteroatoms. The number of aliphatic hydroxyl groups is 1. The van der Waals surface area contributed by atoms with Crippen molar-refractivity contribution in [3.8, 4) is 0 Å². The molecule has 2 aliphatic rings. The molecule has 1 saturated heterocycles. The van der Waals surface area contributed by atoms with Crippen LogP contribution in [0.3, 0.4) is 0 Å². The summed E-state index contributed by atoms with van der Waals surface area (Å²) in [6.45, 7) is 6.27. The van der Waals surface area contributed by atoms with Crippen molar-refractivity contribution in [3.05, 3.63) is 35.6 Å². The first-order valence-corrected chi connectivity index (χ1v) is 10.0. The average Bonchev–Trinajstić information content (AvgIpc) is 3.50. The molecule has 1 heterocycles. The fourth-order valence-electron chi connectivity index (χ4n) is 3.26. The van der Waals surface area contributed by atoms with E-state index in [1.54, 1.807) is 18.2 Å². The minimum Gasteiger partial charge on any atom is -0.386 e. The molecule has 1 aromatic rings. The zero-order valence-corrected chi connectivity index (χ0v) is 19.1. The predicted molar refractivity (Wildman–Crippen MR) is 122 cm³/mol. The van der Waals surface area contributed by atoms with Crippen molar-refractivity contribution in [2.45, 2.75) is 31.9 Å². The lowest BCUT2D eigenvalue weighted by Crippen LogP contribution is -2.54. The predicted octanol–water partition coefficient (Wildman–Crippen LogP) is 1.34. The lowest BCUT2D eigenvalue weighted by atomic mass is 10.1. The SMILES string of the molecule is CCNC(=NCC(O)c1ccccc1F)N1CCN(CC(=O)NC2CC2)CC1.I. The molecule has 3 N–H and O–H groups in total. The van der Waals surface area contributed by atoms with Gasteiger partial charge in [-0.25, -0.2) is 4.39 Å². The van der Waals surface area contributed by atoms with Crippen molar-refractivity contribution < 1.29 is 14.3 Å². The zero-order valence-electron chi connectivity index (χ0n) is 16.8. The van der Waals surface area contributed by atoms with Crippen molar-refractivity contribution in [3.63, 3.8) is 0 Å². The number of carbonyl (C=O) groups excluding carboxylic acids is 1. The van der Waals surface area contributed by atoms with E-state index in [-0.39, 0.29) is 42.0 Å². The van der Waals surface area contributed by atoms with Crippen molar-refractivity contribution in [2.24, 2.45) is 4.99 Å². The zero-order chi connectivity index (χ0) is 19.9. The number of hydrogen-bond acceptors (Lipinski definition) is 4. The second kappa shape index (κ2) is 11.7. The molecule has 162 valence electrons. The molecule has 2 fully saturated rings. The first-order chi connectivity index (χ1) is 13.6. The standard InChI is InChI=1S/C20H30FN5O2.HI/c1-2-22-20(23-13-18(27)16-5-3-4-6-17(16)21)26-11-9-25(10-12-26)14-19(28)24-15-7-8-15;/h3-6,15,18,27H,2,7-14H2,1H3,(H,22,23)(H,24,28);1H. The number of aliphatic imine (C=N–C) groups is 1. The number of halogens is 2. The molecule has 0 radical (unpaired) electrons. The largest absolute Gasteiger partial charge is 0.386 e. The summed E-state index contributed by atoms with van der Waals surface area (Å²) >= 11 is 0. The molecular formula is C20H31FIN5O2. The minimum atomic E-state index is -0.984. The number of rotatable bonds is 7. The molecule has 3 rings (SSSR count). The monoisotopic (exact) mass is 519 g/mol. The highest BCUT2D eigenvalue weighted by Gasteiger charge is 2.26. The lowest BCUT2D eigenvalue weighted by Gasteiger charge is -2.36. The van der Waals surface area contributed by atoms with Crippen LogP contribution in [-0.4, -0.2) is 78.6 Å². The fraction of sp³-hybridized carbons (Fsp3) is 0.600. The Hall–Kier alpha value is -1.46. The Bertz CT molecular complexity index is 693. The molecule has 1 aliphatic carbocycles. The molecule has 1 aliphatic heterocycles. The van der Waals surface area contributed by atoms with Crippen LogP contribution in [0.5, 0.6) is 0 Å². The van der Waals surface area contributed by atoms with Crippen LogP contribution in [0, 0.1) is 5.82 Å². The molecule has 0 spiro atoms. The van der Waals surface area contributed by atoms with Gasteiger partial charge in [-0.15, -0.1) is 24.0 Å². The van der Waals surface area contributed by atoms with Crippen molar-refractivity contribution in [1.82, 2.24) is 20.4 Å². The van der Waals surface area contributed by atoms with Gasteiger partial charge in [-0.2, -0.15) is 0 Å². The molecule has 1 amide bonds. The Kier molecular flexibility index (Phi) is 9.57. The molecule has 1 atom stereocenters. The van der Waals surface area contributed by atoms with E-state index in [1.165, 1.54) is 6.07 Å². The molecule has 0 aromatic heterocycles. The maximum Gasteiger partial charge on any atom is 0.234 e. The first-order valence-electron chi connectivity index (χ1n) is 10.0. The summed E-state index contributed by atoms with van der Waals surface area (Å²) < 4.78 is 13.8. The Balaban J connectivity index is 0.00000300.